The second-order valence-corrected chi connectivity index (χ2v) is 6.85. The molecular weight excluding hydrogens is 296 g/mol. The van der Waals surface area contributed by atoms with Gasteiger partial charge in [0.25, 0.3) is 0 Å². The van der Waals surface area contributed by atoms with E-state index in [1.54, 1.807) is 23.3 Å². The van der Waals surface area contributed by atoms with Crippen molar-refractivity contribution in [3.05, 3.63) is 22.4 Å². The Balaban J connectivity index is 1.91. The molecule has 0 bridgehead atoms. The van der Waals surface area contributed by atoms with E-state index in [0.29, 0.717) is 13.1 Å². The molecule has 6 heteroatoms. The monoisotopic (exact) mass is 320 g/mol. The summed E-state index contributed by atoms with van der Waals surface area (Å²) in [5.74, 6) is -0.151. The number of nitriles is 1. The molecule has 1 saturated heterocycles. The second kappa shape index (κ2) is 8.16. The first kappa shape index (κ1) is 16.8. The highest BCUT2D eigenvalue weighted by Gasteiger charge is 2.25. The third-order valence-corrected chi connectivity index (χ3v) is 4.99. The lowest BCUT2D eigenvalue weighted by Crippen LogP contribution is -2.43. The molecular formula is C16H24N4OS. The number of likely N-dealkylation sites (tertiary alicyclic amines) is 1. The van der Waals surface area contributed by atoms with Gasteiger partial charge in [-0.2, -0.15) is 5.26 Å². The molecule has 2 heterocycles. The van der Waals surface area contributed by atoms with Gasteiger partial charge in [0.05, 0.1) is 18.0 Å². The molecule has 22 heavy (non-hydrogen) atoms. The van der Waals surface area contributed by atoms with Crippen molar-refractivity contribution in [2.45, 2.75) is 25.8 Å². The topological polar surface area (TPSA) is 59.4 Å². The van der Waals surface area contributed by atoms with Gasteiger partial charge < -0.3 is 10.2 Å². The van der Waals surface area contributed by atoms with Crippen LogP contribution < -0.4 is 5.32 Å². The van der Waals surface area contributed by atoms with E-state index in [1.165, 1.54) is 17.7 Å². The maximum atomic E-state index is 12.2. The van der Waals surface area contributed by atoms with Crippen molar-refractivity contribution >= 4 is 17.4 Å². The zero-order valence-corrected chi connectivity index (χ0v) is 14.1. The van der Waals surface area contributed by atoms with Gasteiger partial charge in [0.15, 0.2) is 0 Å². The van der Waals surface area contributed by atoms with Crippen molar-refractivity contribution in [2.24, 2.45) is 5.92 Å². The lowest BCUT2D eigenvalue weighted by molar-refractivity contribution is 0.195. The predicted molar refractivity (Wildman–Crippen MR) is 88.7 cm³/mol. The third kappa shape index (κ3) is 4.46. The number of hydrogen-bond acceptors (Lipinski definition) is 4. The lowest BCUT2D eigenvalue weighted by Gasteiger charge is -2.28. The lowest BCUT2D eigenvalue weighted by atomic mass is 10.2. The van der Waals surface area contributed by atoms with Crippen molar-refractivity contribution in [1.82, 2.24) is 15.1 Å². The van der Waals surface area contributed by atoms with Crippen LogP contribution in [0.5, 0.6) is 0 Å². The van der Waals surface area contributed by atoms with Crippen LogP contribution in [-0.4, -0.2) is 49.1 Å². The van der Waals surface area contributed by atoms with Crippen LogP contribution in [0.4, 0.5) is 4.79 Å². The van der Waals surface area contributed by atoms with Crippen LogP contribution >= 0.6 is 11.3 Å². The van der Waals surface area contributed by atoms with Gasteiger partial charge in [-0.3, -0.25) is 4.90 Å². The summed E-state index contributed by atoms with van der Waals surface area (Å²) in [6.45, 7) is 5.09. The zero-order valence-electron chi connectivity index (χ0n) is 13.3. The molecule has 2 amide bonds. The molecule has 0 aromatic carbocycles. The number of nitrogens with zero attached hydrogens (tertiary/aromatic N) is 3. The molecule has 0 aliphatic carbocycles. The highest BCUT2D eigenvalue weighted by molar-refractivity contribution is 7.10. The Kier molecular flexibility index (Phi) is 6.22. The van der Waals surface area contributed by atoms with E-state index in [-0.39, 0.29) is 18.0 Å². The van der Waals surface area contributed by atoms with Crippen molar-refractivity contribution in [1.29, 1.82) is 5.26 Å². The van der Waals surface area contributed by atoms with Gasteiger partial charge in [0.1, 0.15) is 0 Å². The van der Waals surface area contributed by atoms with E-state index in [2.05, 4.69) is 33.8 Å². The molecule has 1 aliphatic heterocycles. The van der Waals surface area contributed by atoms with Gasteiger partial charge in [0, 0.05) is 25.0 Å². The van der Waals surface area contributed by atoms with Crippen LogP contribution in [0.2, 0.25) is 0 Å². The summed E-state index contributed by atoms with van der Waals surface area (Å²) >= 11 is 1.74. The molecule has 1 fully saturated rings. The summed E-state index contributed by atoms with van der Waals surface area (Å²) in [5.41, 5.74) is 0. The molecule has 0 spiro atoms. The van der Waals surface area contributed by atoms with Gasteiger partial charge in [-0.15, -0.1) is 11.3 Å². The second-order valence-electron chi connectivity index (χ2n) is 5.87. The van der Waals surface area contributed by atoms with E-state index in [9.17, 15) is 4.79 Å². The Morgan fingerprint density at radius 2 is 2.27 bits per heavy atom. The fourth-order valence-electron chi connectivity index (χ4n) is 2.80. The van der Waals surface area contributed by atoms with Gasteiger partial charge in [-0.1, -0.05) is 6.07 Å². The maximum absolute atomic E-state index is 12.2. The Hall–Kier alpha value is -1.58. The van der Waals surface area contributed by atoms with Crippen LogP contribution in [0.1, 0.15) is 30.7 Å². The van der Waals surface area contributed by atoms with E-state index in [4.69, 9.17) is 5.26 Å². The first-order valence-corrected chi connectivity index (χ1v) is 8.66. The van der Waals surface area contributed by atoms with Crippen LogP contribution in [0.3, 0.4) is 0 Å². The van der Waals surface area contributed by atoms with Crippen LogP contribution in [0.25, 0.3) is 0 Å². The van der Waals surface area contributed by atoms with Crippen molar-refractivity contribution in [2.75, 3.05) is 33.2 Å². The van der Waals surface area contributed by atoms with E-state index < -0.39 is 0 Å². The Morgan fingerprint density at radius 1 is 1.55 bits per heavy atom. The average Bonchev–Trinajstić information content (AvgIpc) is 3.20. The fraction of sp³-hybridized carbons (Fsp3) is 0.625. The molecule has 1 aromatic heterocycles. The minimum atomic E-state index is -0.151. The third-order valence-electron chi connectivity index (χ3n) is 4.01. The molecule has 2 rings (SSSR count). The van der Waals surface area contributed by atoms with Crippen molar-refractivity contribution < 1.29 is 4.79 Å². The quantitative estimate of drug-likeness (QED) is 0.876. The number of amides is 2. The van der Waals surface area contributed by atoms with E-state index >= 15 is 0 Å². The van der Waals surface area contributed by atoms with Crippen LogP contribution in [-0.2, 0) is 0 Å². The molecule has 1 N–H and O–H groups in total. The summed E-state index contributed by atoms with van der Waals surface area (Å²) in [4.78, 5) is 17.5. The molecule has 0 unspecified atom stereocenters. The smallest absolute Gasteiger partial charge is 0.317 e. The van der Waals surface area contributed by atoms with Crippen LogP contribution in [0.15, 0.2) is 17.5 Å². The number of carbonyl (C=O) groups is 1. The summed E-state index contributed by atoms with van der Waals surface area (Å²) in [6.07, 6.45) is 2.46. The number of nitrogens with one attached hydrogen (secondary N) is 1. The van der Waals surface area contributed by atoms with E-state index in [1.807, 2.05) is 6.92 Å². The molecule has 1 aromatic rings. The number of urea groups is 1. The summed E-state index contributed by atoms with van der Waals surface area (Å²) in [5, 5.41) is 13.9. The highest BCUT2D eigenvalue weighted by atomic mass is 32.1. The molecule has 5 nitrogen and oxygen atoms in total. The van der Waals surface area contributed by atoms with Gasteiger partial charge in [-0.25, -0.2) is 4.79 Å². The first-order chi connectivity index (χ1) is 10.6. The first-order valence-electron chi connectivity index (χ1n) is 7.78. The molecule has 0 radical (unpaired) electrons. The summed E-state index contributed by atoms with van der Waals surface area (Å²) in [7, 11) is 1.74. The minimum absolute atomic E-state index is 0.108. The number of thiophene rings is 1. The largest absolute Gasteiger partial charge is 0.336 e. The fourth-order valence-corrected chi connectivity index (χ4v) is 3.66. The Labute approximate surface area is 136 Å². The van der Waals surface area contributed by atoms with Gasteiger partial charge >= 0.3 is 6.03 Å². The molecule has 0 saturated carbocycles. The van der Waals surface area contributed by atoms with Crippen molar-refractivity contribution in [3.63, 3.8) is 0 Å². The average molecular weight is 320 g/mol. The molecule has 2 atom stereocenters. The summed E-state index contributed by atoms with van der Waals surface area (Å²) < 4.78 is 0. The predicted octanol–water partition coefficient (Wildman–Crippen LogP) is 2.69. The van der Waals surface area contributed by atoms with Crippen molar-refractivity contribution in [3.8, 4) is 6.07 Å². The Bertz CT molecular complexity index is 505. The van der Waals surface area contributed by atoms with Crippen LogP contribution in [0, 0.1) is 17.2 Å². The standard InChI is InChI=1S/C16H24N4OS/c1-13(10-17)12-19(2)16(21)18-11-14(15-6-5-9-22-15)20-7-3-4-8-20/h5-6,9,13-14H,3-4,7-8,11-12H2,1-2H3,(H,18,21)/t13-,14-/m1/s1. The number of hydrogen-bond donors (Lipinski definition) is 1. The highest BCUT2D eigenvalue weighted by Crippen LogP contribution is 2.27. The Morgan fingerprint density at radius 3 is 2.86 bits per heavy atom. The summed E-state index contributed by atoms with van der Waals surface area (Å²) in [6, 6.07) is 6.50. The molecule has 120 valence electrons. The zero-order chi connectivity index (χ0) is 15.9. The minimum Gasteiger partial charge on any atom is -0.336 e. The maximum Gasteiger partial charge on any atom is 0.317 e. The van der Waals surface area contributed by atoms with Gasteiger partial charge in [0.2, 0.25) is 0 Å². The molecule has 1 aliphatic rings. The van der Waals surface area contributed by atoms with E-state index in [0.717, 1.165) is 13.1 Å². The normalized spacial score (nSPS) is 17.7. The number of carbonyl (C=O) groups excluding carboxylic acids is 1. The SMILES string of the molecule is C[C@H](C#N)CN(C)C(=O)NC[C@H](c1cccs1)N1CCCC1. The van der Waals surface area contributed by atoms with Gasteiger partial charge in [-0.05, 0) is 44.3 Å². The number of rotatable bonds is 6.